The molecule has 4 aromatic rings. The van der Waals surface area contributed by atoms with Crippen molar-refractivity contribution >= 4 is 11.5 Å². The van der Waals surface area contributed by atoms with E-state index in [0.29, 0.717) is 23.0 Å². The summed E-state index contributed by atoms with van der Waals surface area (Å²) in [6.07, 6.45) is 5.08. The Kier molecular flexibility index (Phi) is 2.47. The van der Waals surface area contributed by atoms with Crippen molar-refractivity contribution in [1.29, 1.82) is 0 Å². The lowest BCUT2D eigenvalue weighted by Gasteiger charge is -2.03. The highest BCUT2D eigenvalue weighted by molar-refractivity contribution is 5.71. The van der Waals surface area contributed by atoms with Crippen LogP contribution in [-0.2, 0) is 0 Å². The Labute approximate surface area is 119 Å². The first-order valence-electron chi connectivity index (χ1n) is 6.42. The van der Waals surface area contributed by atoms with Crippen LogP contribution in [0.15, 0.2) is 59.5 Å². The van der Waals surface area contributed by atoms with Gasteiger partial charge in [0, 0.05) is 12.4 Å². The fraction of sp³-hybridized carbons (Fsp3) is 0. The van der Waals surface area contributed by atoms with Gasteiger partial charge in [-0.1, -0.05) is 0 Å². The second kappa shape index (κ2) is 4.45. The molecule has 0 saturated carbocycles. The van der Waals surface area contributed by atoms with Crippen LogP contribution in [0.3, 0.4) is 0 Å². The van der Waals surface area contributed by atoms with Crippen molar-refractivity contribution < 1.29 is 4.42 Å². The minimum atomic E-state index is 0.513. The summed E-state index contributed by atoms with van der Waals surface area (Å²) in [5, 5.41) is 4.36. The van der Waals surface area contributed by atoms with Crippen LogP contribution in [0.1, 0.15) is 0 Å². The molecule has 0 spiro atoms. The number of hydrogen-bond donors (Lipinski definition) is 1. The van der Waals surface area contributed by atoms with E-state index < -0.39 is 0 Å². The molecule has 2 N–H and O–H groups in total. The zero-order valence-electron chi connectivity index (χ0n) is 11.0. The number of aromatic nitrogens is 4. The Morgan fingerprint density at radius 1 is 1.05 bits per heavy atom. The molecule has 0 aromatic carbocycles. The van der Waals surface area contributed by atoms with Crippen molar-refractivity contribution in [2.75, 3.05) is 5.73 Å². The predicted octanol–water partition coefficient (Wildman–Crippen LogP) is 2.63. The third-order valence-electron chi connectivity index (χ3n) is 3.22. The third-order valence-corrected chi connectivity index (χ3v) is 3.22. The second-order valence-electron chi connectivity index (χ2n) is 4.59. The smallest absolute Gasteiger partial charge is 0.217 e. The number of furan rings is 1. The predicted molar refractivity (Wildman–Crippen MR) is 78.3 cm³/mol. The molecule has 0 saturated heterocycles. The van der Waals surface area contributed by atoms with E-state index >= 15 is 0 Å². The summed E-state index contributed by atoms with van der Waals surface area (Å²) in [5.41, 5.74) is 8.75. The van der Waals surface area contributed by atoms with Crippen molar-refractivity contribution in [2.45, 2.75) is 0 Å². The summed E-state index contributed by atoms with van der Waals surface area (Å²) >= 11 is 0. The van der Waals surface area contributed by atoms with E-state index in [2.05, 4.69) is 15.1 Å². The molecule has 0 radical (unpaired) electrons. The van der Waals surface area contributed by atoms with Crippen molar-refractivity contribution in [3.63, 3.8) is 0 Å². The Morgan fingerprint density at radius 3 is 2.67 bits per heavy atom. The molecule has 0 unspecified atom stereocenters. The summed E-state index contributed by atoms with van der Waals surface area (Å²) in [7, 11) is 0. The number of rotatable bonds is 2. The quantitative estimate of drug-likeness (QED) is 0.609. The van der Waals surface area contributed by atoms with Gasteiger partial charge in [0.15, 0.2) is 11.4 Å². The maximum absolute atomic E-state index is 6.08. The molecule has 6 nitrogen and oxygen atoms in total. The Balaban J connectivity index is 1.90. The fourth-order valence-corrected chi connectivity index (χ4v) is 2.23. The van der Waals surface area contributed by atoms with Crippen molar-refractivity contribution in [3.8, 4) is 22.7 Å². The Morgan fingerprint density at radius 2 is 1.90 bits per heavy atom. The number of fused-ring (bicyclic) bond motifs is 1. The normalized spacial score (nSPS) is 11.0. The zero-order chi connectivity index (χ0) is 14.2. The molecule has 6 heteroatoms. The highest BCUT2D eigenvalue weighted by atomic mass is 16.3. The molecule has 0 fully saturated rings. The van der Waals surface area contributed by atoms with E-state index in [1.165, 1.54) is 0 Å². The van der Waals surface area contributed by atoms with Gasteiger partial charge >= 0.3 is 0 Å². The second-order valence-corrected chi connectivity index (χ2v) is 4.59. The molecule has 0 aliphatic rings. The van der Waals surface area contributed by atoms with Gasteiger partial charge in [0.05, 0.1) is 6.26 Å². The SMILES string of the molecule is Nc1cc(-c2ccncc2)cc2nc(-c3ccco3)nn12. The lowest BCUT2D eigenvalue weighted by molar-refractivity contribution is 0.577. The van der Waals surface area contributed by atoms with E-state index in [1.807, 2.05) is 30.3 Å². The lowest BCUT2D eigenvalue weighted by atomic mass is 10.1. The first-order chi connectivity index (χ1) is 10.3. The monoisotopic (exact) mass is 277 g/mol. The van der Waals surface area contributed by atoms with Gasteiger partial charge in [-0.05, 0) is 47.5 Å². The van der Waals surface area contributed by atoms with Gasteiger partial charge in [0.1, 0.15) is 5.82 Å². The number of nitrogen functional groups attached to an aromatic ring is 1. The number of hydrogen-bond acceptors (Lipinski definition) is 5. The molecular formula is C15H11N5O. The van der Waals surface area contributed by atoms with Crippen LogP contribution >= 0.6 is 0 Å². The largest absolute Gasteiger partial charge is 0.461 e. The van der Waals surface area contributed by atoms with E-state index in [4.69, 9.17) is 10.2 Å². The standard InChI is InChI=1S/C15H11N5O/c16-13-8-11(10-3-5-17-6-4-10)9-14-18-15(19-20(13)14)12-2-1-7-21-12/h1-9H,16H2. The molecule has 4 rings (SSSR count). The molecule has 4 heterocycles. The van der Waals surface area contributed by atoms with Gasteiger partial charge in [0.2, 0.25) is 5.82 Å². The first kappa shape index (κ1) is 11.7. The van der Waals surface area contributed by atoms with Gasteiger partial charge < -0.3 is 10.2 Å². The van der Waals surface area contributed by atoms with E-state index in [-0.39, 0.29) is 0 Å². The molecule has 0 amide bonds. The van der Waals surface area contributed by atoms with Gasteiger partial charge in [0.25, 0.3) is 0 Å². The topological polar surface area (TPSA) is 82.2 Å². The van der Waals surface area contributed by atoms with Gasteiger partial charge in [-0.2, -0.15) is 4.52 Å². The van der Waals surface area contributed by atoms with Crippen LogP contribution in [-0.4, -0.2) is 19.6 Å². The van der Waals surface area contributed by atoms with Gasteiger partial charge in [-0.3, -0.25) is 4.98 Å². The van der Waals surface area contributed by atoms with E-state index in [9.17, 15) is 0 Å². The van der Waals surface area contributed by atoms with Crippen LogP contribution in [0.5, 0.6) is 0 Å². The van der Waals surface area contributed by atoms with Gasteiger partial charge in [-0.25, -0.2) is 4.98 Å². The van der Waals surface area contributed by atoms with Crippen LogP contribution in [0.25, 0.3) is 28.4 Å². The lowest BCUT2D eigenvalue weighted by Crippen LogP contribution is -1.99. The molecular weight excluding hydrogens is 266 g/mol. The van der Waals surface area contributed by atoms with Crippen LogP contribution in [0.4, 0.5) is 5.82 Å². The average Bonchev–Trinajstić information content (AvgIpc) is 3.17. The maximum atomic E-state index is 6.08. The van der Waals surface area contributed by atoms with Crippen LogP contribution in [0.2, 0.25) is 0 Å². The minimum absolute atomic E-state index is 0.513. The number of nitrogens with two attached hydrogens (primary N) is 1. The zero-order valence-corrected chi connectivity index (χ0v) is 11.0. The molecule has 21 heavy (non-hydrogen) atoms. The molecule has 0 atom stereocenters. The fourth-order valence-electron chi connectivity index (χ4n) is 2.23. The maximum Gasteiger partial charge on any atom is 0.217 e. The van der Waals surface area contributed by atoms with Crippen molar-refractivity contribution in [1.82, 2.24) is 19.6 Å². The minimum Gasteiger partial charge on any atom is -0.461 e. The number of anilines is 1. The molecule has 0 aliphatic heterocycles. The highest BCUT2D eigenvalue weighted by Crippen LogP contribution is 2.24. The molecule has 102 valence electrons. The molecule has 4 aromatic heterocycles. The summed E-state index contributed by atoms with van der Waals surface area (Å²) in [4.78, 5) is 8.48. The average molecular weight is 277 g/mol. The summed E-state index contributed by atoms with van der Waals surface area (Å²) < 4.78 is 6.92. The Bertz CT molecular complexity index is 897. The van der Waals surface area contributed by atoms with Gasteiger partial charge in [-0.15, -0.1) is 5.10 Å². The summed E-state index contributed by atoms with van der Waals surface area (Å²) in [6, 6.07) is 11.3. The highest BCUT2D eigenvalue weighted by Gasteiger charge is 2.12. The van der Waals surface area contributed by atoms with Crippen LogP contribution in [0, 0.1) is 0 Å². The Hall–Kier alpha value is -3.15. The number of pyridine rings is 2. The molecule has 0 aliphatic carbocycles. The number of nitrogens with zero attached hydrogens (tertiary/aromatic N) is 4. The first-order valence-corrected chi connectivity index (χ1v) is 6.42. The third kappa shape index (κ3) is 1.93. The summed E-state index contributed by atoms with van der Waals surface area (Å²) in [5.74, 6) is 1.65. The summed E-state index contributed by atoms with van der Waals surface area (Å²) in [6.45, 7) is 0. The van der Waals surface area contributed by atoms with E-state index in [1.54, 1.807) is 29.2 Å². The van der Waals surface area contributed by atoms with Crippen LogP contribution < -0.4 is 5.73 Å². The van der Waals surface area contributed by atoms with E-state index in [0.717, 1.165) is 11.1 Å². The van der Waals surface area contributed by atoms with Crippen molar-refractivity contribution in [2.24, 2.45) is 0 Å². The molecule has 0 bridgehead atoms. The van der Waals surface area contributed by atoms with Crippen molar-refractivity contribution in [3.05, 3.63) is 55.1 Å².